The number of nitrogens with two attached hydrogens (primary N) is 1. The molecule has 0 amide bonds. The van der Waals surface area contributed by atoms with Gasteiger partial charge in [-0.2, -0.15) is 0 Å². The van der Waals surface area contributed by atoms with Crippen LogP contribution in [0.3, 0.4) is 0 Å². The van der Waals surface area contributed by atoms with Gasteiger partial charge >= 0.3 is 0 Å². The topological polar surface area (TPSA) is 26.0 Å². The molecule has 2 N–H and O–H groups in total. The van der Waals surface area contributed by atoms with E-state index in [1.807, 2.05) is 42.5 Å². The molecule has 0 aliphatic carbocycles. The molecule has 82 valence electrons. The van der Waals surface area contributed by atoms with Gasteiger partial charge in [0.1, 0.15) is 0 Å². The van der Waals surface area contributed by atoms with Crippen molar-refractivity contribution in [1.29, 1.82) is 0 Å². The molecule has 0 aromatic heterocycles. The van der Waals surface area contributed by atoms with Crippen molar-refractivity contribution in [1.82, 2.24) is 0 Å². The second kappa shape index (κ2) is 5.13. The minimum Gasteiger partial charge on any atom is -0.398 e. The lowest BCUT2D eigenvalue weighted by Gasteiger charge is -2.05. The van der Waals surface area contributed by atoms with Crippen molar-refractivity contribution >= 4 is 45.0 Å². The van der Waals surface area contributed by atoms with Crippen LogP contribution in [0.1, 0.15) is 0 Å². The van der Waals surface area contributed by atoms with Crippen molar-refractivity contribution in [3.8, 4) is 0 Å². The van der Waals surface area contributed by atoms with E-state index in [1.54, 1.807) is 11.8 Å². The van der Waals surface area contributed by atoms with Crippen LogP contribution in [-0.2, 0) is 0 Å². The normalized spacial score (nSPS) is 10.4. The van der Waals surface area contributed by atoms with Crippen LogP contribution in [0, 0.1) is 0 Å². The monoisotopic (exact) mass is 313 g/mol. The van der Waals surface area contributed by atoms with Crippen LogP contribution in [0.15, 0.2) is 56.7 Å². The fraction of sp³-hybridized carbons (Fsp3) is 0. The largest absolute Gasteiger partial charge is 0.398 e. The summed E-state index contributed by atoms with van der Waals surface area (Å²) in [6.07, 6.45) is 0. The van der Waals surface area contributed by atoms with Gasteiger partial charge in [0.2, 0.25) is 0 Å². The van der Waals surface area contributed by atoms with E-state index in [-0.39, 0.29) is 0 Å². The fourth-order valence-corrected chi connectivity index (χ4v) is 2.59. The molecule has 0 radical (unpaired) electrons. The molecule has 16 heavy (non-hydrogen) atoms. The van der Waals surface area contributed by atoms with E-state index in [2.05, 4.69) is 15.9 Å². The molecule has 2 rings (SSSR count). The van der Waals surface area contributed by atoms with Gasteiger partial charge in [0.25, 0.3) is 0 Å². The molecule has 0 unspecified atom stereocenters. The van der Waals surface area contributed by atoms with E-state index in [1.165, 1.54) is 0 Å². The summed E-state index contributed by atoms with van der Waals surface area (Å²) >= 11 is 10.8. The minimum absolute atomic E-state index is 0.744. The molecule has 0 bridgehead atoms. The average Bonchev–Trinajstić information content (AvgIpc) is 2.25. The Bertz CT molecular complexity index is 499. The molecule has 0 saturated carbocycles. The molecule has 2 aromatic rings. The number of hydrogen-bond acceptors (Lipinski definition) is 2. The summed E-state index contributed by atoms with van der Waals surface area (Å²) in [4.78, 5) is 2.17. The fourth-order valence-electron chi connectivity index (χ4n) is 1.24. The summed E-state index contributed by atoms with van der Waals surface area (Å²) < 4.78 is 0.991. The van der Waals surface area contributed by atoms with Gasteiger partial charge in [-0.15, -0.1) is 0 Å². The van der Waals surface area contributed by atoms with Gasteiger partial charge < -0.3 is 5.73 Å². The lowest BCUT2D eigenvalue weighted by atomic mass is 10.3. The molecule has 1 nitrogen and oxygen atoms in total. The first kappa shape index (κ1) is 11.8. The molecule has 0 heterocycles. The lowest BCUT2D eigenvalue weighted by Crippen LogP contribution is -1.87. The molecular weight excluding hydrogens is 306 g/mol. The number of hydrogen-bond donors (Lipinski definition) is 1. The average molecular weight is 315 g/mol. The van der Waals surface area contributed by atoms with Crippen molar-refractivity contribution in [3.63, 3.8) is 0 Å². The van der Waals surface area contributed by atoms with Crippen LogP contribution in [0.25, 0.3) is 0 Å². The molecule has 0 fully saturated rings. The number of nitrogen functional groups attached to an aromatic ring is 1. The summed E-state index contributed by atoms with van der Waals surface area (Å²) in [7, 11) is 0. The number of anilines is 1. The Kier molecular flexibility index (Phi) is 3.79. The third kappa shape index (κ3) is 2.94. The van der Waals surface area contributed by atoms with Gasteiger partial charge in [0.15, 0.2) is 0 Å². The smallest absolute Gasteiger partial charge is 0.0467 e. The molecule has 0 atom stereocenters. The van der Waals surface area contributed by atoms with Crippen LogP contribution in [0.5, 0.6) is 0 Å². The van der Waals surface area contributed by atoms with Gasteiger partial charge in [-0.05, 0) is 42.5 Å². The highest BCUT2D eigenvalue weighted by Gasteiger charge is 2.02. The molecule has 0 saturated heterocycles. The Labute approximate surface area is 112 Å². The SMILES string of the molecule is Nc1cc(Br)ccc1Sc1ccc(Cl)cc1. The van der Waals surface area contributed by atoms with E-state index >= 15 is 0 Å². The van der Waals surface area contributed by atoms with Crippen molar-refractivity contribution in [3.05, 3.63) is 52.0 Å². The zero-order valence-corrected chi connectivity index (χ0v) is 11.4. The van der Waals surface area contributed by atoms with Crippen LogP contribution in [0.4, 0.5) is 5.69 Å². The minimum atomic E-state index is 0.744. The maximum Gasteiger partial charge on any atom is 0.0467 e. The van der Waals surface area contributed by atoms with E-state index in [9.17, 15) is 0 Å². The number of rotatable bonds is 2. The first-order chi connectivity index (χ1) is 7.65. The standard InChI is InChI=1S/C12H9BrClNS/c13-8-1-6-12(11(15)7-8)16-10-4-2-9(14)3-5-10/h1-7H,15H2. The Morgan fingerprint density at radius 1 is 1.06 bits per heavy atom. The van der Waals surface area contributed by atoms with E-state index in [0.717, 1.165) is 25.0 Å². The Morgan fingerprint density at radius 2 is 1.75 bits per heavy atom. The number of benzene rings is 2. The van der Waals surface area contributed by atoms with Gasteiger partial charge in [-0.3, -0.25) is 0 Å². The highest BCUT2D eigenvalue weighted by molar-refractivity contribution is 9.10. The highest BCUT2D eigenvalue weighted by Crippen LogP contribution is 2.33. The summed E-state index contributed by atoms with van der Waals surface area (Å²) in [6, 6.07) is 13.6. The summed E-state index contributed by atoms with van der Waals surface area (Å²) in [5, 5.41) is 0.744. The van der Waals surface area contributed by atoms with Crippen LogP contribution >= 0.6 is 39.3 Å². The Morgan fingerprint density at radius 3 is 2.38 bits per heavy atom. The van der Waals surface area contributed by atoms with Gasteiger partial charge in [-0.25, -0.2) is 0 Å². The van der Waals surface area contributed by atoms with Gasteiger partial charge in [0.05, 0.1) is 0 Å². The zero-order chi connectivity index (χ0) is 11.5. The quantitative estimate of drug-likeness (QED) is 0.803. The molecule has 0 aliphatic heterocycles. The van der Waals surface area contributed by atoms with Crippen LogP contribution in [-0.4, -0.2) is 0 Å². The highest BCUT2D eigenvalue weighted by atomic mass is 79.9. The first-order valence-electron chi connectivity index (χ1n) is 4.63. The van der Waals surface area contributed by atoms with Crippen molar-refractivity contribution < 1.29 is 0 Å². The van der Waals surface area contributed by atoms with E-state index < -0.39 is 0 Å². The van der Waals surface area contributed by atoms with Crippen molar-refractivity contribution in [2.45, 2.75) is 9.79 Å². The lowest BCUT2D eigenvalue weighted by molar-refractivity contribution is 1.40. The second-order valence-corrected chi connectivity index (χ2v) is 5.71. The molecule has 0 spiro atoms. The van der Waals surface area contributed by atoms with Crippen molar-refractivity contribution in [2.75, 3.05) is 5.73 Å². The maximum atomic E-state index is 5.92. The van der Waals surface area contributed by atoms with Gasteiger partial charge in [0, 0.05) is 25.0 Å². The maximum absolute atomic E-state index is 5.92. The number of halogens is 2. The van der Waals surface area contributed by atoms with E-state index in [4.69, 9.17) is 17.3 Å². The predicted molar refractivity (Wildman–Crippen MR) is 74.1 cm³/mol. The van der Waals surface area contributed by atoms with Crippen LogP contribution < -0.4 is 5.73 Å². The third-order valence-electron chi connectivity index (χ3n) is 2.01. The van der Waals surface area contributed by atoms with Gasteiger partial charge in [-0.1, -0.05) is 39.3 Å². The third-order valence-corrected chi connectivity index (χ3v) is 3.86. The Balaban J connectivity index is 2.23. The Hall–Kier alpha value is -0.640. The summed E-state index contributed by atoms with van der Waals surface area (Å²) in [5.41, 5.74) is 6.69. The van der Waals surface area contributed by atoms with E-state index in [0.29, 0.717) is 0 Å². The first-order valence-corrected chi connectivity index (χ1v) is 6.62. The van der Waals surface area contributed by atoms with Crippen LogP contribution in [0.2, 0.25) is 5.02 Å². The molecule has 0 aliphatic rings. The summed E-state index contributed by atoms with van der Waals surface area (Å²) in [6.45, 7) is 0. The molecular formula is C12H9BrClNS. The van der Waals surface area contributed by atoms with Crippen molar-refractivity contribution in [2.24, 2.45) is 0 Å². The molecule has 4 heteroatoms. The second-order valence-electron chi connectivity index (χ2n) is 3.24. The summed E-state index contributed by atoms with van der Waals surface area (Å²) in [5.74, 6) is 0. The zero-order valence-electron chi connectivity index (χ0n) is 8.28. The molecule has 2 aromatic carbocycles. The predicted octanol–water partition coefficient (Wildman–Crippen LogP) is 4.84.